The summed E-state index contributed by atoms with van der Waals surface area (Å²) < 4.78 is 11.5. The molecule has 2 aliphatic heterocycles. The molecule has 0 N–H and O–H groups in total. The molecule has 1 aromatic carbocycles. The zero-order chi connectivity index (χ0) is 16.4. The van der Waals surface area contributed by atoms with E-state index in [-0.39, 0.29) is 12.0 Å². The average Bonchev–Trinajstić information content (AvgIpc) is 2.80. The predicted octanol–water partition coefficient (Wildman–Crippen LogP) is 3.24. The maximum Gasteiger partial charge on any atom is 0.266 e. The lowest BCUT2D eigenvalue weighted by Crippen LogP contribution is -2.31. The molecule has 1 aromatic rings. The fourth-order valence-corrected chi connectivity index (χ4v) is 3.76. The van der Waals surface area contributed by atoms with Crippen molar-refractivity contribution in [3.05, 3.63) is 46.4 Å². The second kappa shape index (κ2) is 6.86. The molecule has 0 radical (unpaired) electrons. The lowest BCUT2D eigenvalue weighted by molar-refractivity contribution is -0.122. The summed E-state index contributed by atoms with van der Waals surface area (Å²) in [5.74, 6) is 0.800. The van der Waals surface area contributed by atoms with Crippen molar-refractivity contribution in [3.8, 4) is 5.75 Å². The first kappa shape index (κ1) is 16.2. The number of para-hydroxylation sites is 1. The van der Waals surface area contributed by atoms with E-state index >= 15 is 0 Å². The molecule has 2 aliphatic rings. The Morgan fingerprint density at radius 2 is 2.22 bits per heavy atom. The molecule has 0 bridgehead atoms. The molecule has 0 saturated carbocycles. The number of carbonyl (C=O) groups is 1. The van der Waals surface area contributed by atoms with Crippen molar-refractivity contribution in [2.24, 2.45) is 0 Å². The molecule has 6 heteroatoms. The molecule has 1 unspecified atom stereocenters. The minimum absolute atomic E-state index is 0.0657. The fraction of sp³-hybridized carbons (Fsp3) is 0.294. The van der Waals surface area contributed by atoms with Crippen LogP contribution in [0.15, 0.2) is 40.8 Å². The van der Waals surface area contributed by atoms with Crippen LogP contribution in [0.4, 0.5) is 0 Å². The van der Waals surface area contributed by atoms with Crippen LogP contribution in [0.1, 0.15) is 12.5 Å². The van der Waals surface area contributed by atoms with Gasteiger partial charge in [0.1, 0.15) is 16.2 Å². The van der Waals surface area contributed by atoms with Gasteiger partial charge in [0.2, 0.25) is 0 Å². The first-order valence-corrected chi connectivity index (χ1v) is 8.54. The highest BCUT2D eigenvalue weighted by atomic mass is 32.2. The Morgan fingerprint density at radius 1 is 1.43 bits per heavy atom. The van der Waals surface area contributed by atoms with Gasteiger partial charge in [0.25, 0.3) is 5.91 Å². The third-order valence-corrected chi connectivity index (χ3v) is 5.08. The van der Waals surface area contributed by atoms with Gasteiger partial charge < -0.3 is 9.47 Å². The fourth-order valence-electron chi connectivity index (χ4n) is 2.45. The van der Waals surface area contributed by atoms with Crippen LogP contribution in [0.5, 0.6) is 5.75 Å². The molecule has 3 rings (SSSR count). The van der Waals surface area contributed by atoms with Crippen LogP contribution < -0.4 is 4.74 Å². The molecular formula is C17H17NO3S2. The van der Waals surface area contributed by atoms with Crippen molar-refractivity contribution < 1.29 is 14.3 Å². The highest BCUT2D eigenvalue weighted by Gasteiger charge is 2.32. The van der Waals surface area contributed by atoms with E-state index in [1.165, 1.54) is 11.8 Å². The lowest BCUT2D eigenvalue weighted by Gasteiger charge is -2.23. The van der Waals surface area contributed by atoms with Crippen molar-refractivity contribution in [2.45, 2.75) is 13.0 Å². The second-order valence-electron chi connectivity index (χ2n) is 5.27. The standard InChI is InChI=1S/C17H17NO3S2/c1-11-13(9-12-5-3-4-6-14(12)21-11)10-15-16(19)18(7-8-20-2)17(22)23-15/h3-6,9-11H,7-8H2,1-2H3/b15-10-. The number of methoxy groups -OCH3 is 1. The molecule has 120 valence electrons. The van der Waals surface area contributed by atoms with Crippen LogP contribution in [0, 0.1) is 0 Å². The number of thioether (sulfide) groups is 1. The number of hydrogen-bond donors (Lipinski definition) is 0. The Labute approximate surface area is 145 Å². The number of nitrogens with zero attached hydrogens (tertiary/aromatic N) is 1. The molecule has 1 atom stereocenters. The summed E-state index contributed by atoms with van der Waals surface area (Å²) in [6, 6.07) is 7.87. The number of fused-ring (bicyclic) bond motifs is 1. The van der Waals surface area contributed by atoms with Gasteiger partial charge in [-0.05, 0) is 30.7 Å². The largest absolute Gasteiger partial charge is 0.485 e. The monoisotopic (exact) mass is 347 g/mol. The van der Waals surface area contributed by atoms with Crippen molar-refractivity contribution in [1.82, 2.24) is 4.90 Å². The molecule has 1 fully saturated rings. The van der Waals surface area contributed by atoms with Gasteiger partial charge in [-0.1, -0.05) is 42.2 Å². The molecule has 0 spiro atoms. The number of thiocarbonyl (C=S) groups is 1. The molecule has 0 aliphatic carbocycles. The van der Waals surface area contributed by atoms with Crippen LogP contribution in [-0.2, 0) is 9.53 Å². The Morgan fingerprint density at radius 3 is 3.00 bits per heavy atom. The van der Waals surface area contributed by atoms with Gasteiger partial charge in [0.05, 0.1) is 18.1 Å². The maximum atomic E-state index is 12.5. The van der Waals surface area contributed by atoms with E-state index in [1.54, 1.807) is 12.0 Å². The van der Waals surface area contributed by atoms with E-state index in [9.17, 15) is 4.79 Å². The van der Waals surface area contributed by atoms with Crippen molar-refractivity contribution in [1.29, 1.82) is 0 Å². The summed E-state index contributed by atoms with van der Waals surface area (Å²) in [6.07, 6.45) is 3.84. The van der Waals surface area contributed by atoms with Gasteiger partial charge in [0.15, 0.2) is 0 Å². The molecule has 2 heterocycles. The van der Waals surface area contributed by atoms with Crippen LogP contribution >= 0.6 is 24.0 Å². The summed E-state index contributed by atoms with van der Waals surface area (Å²) in [5, 5.41) is 0. The Bertz CT molecular complexity index is 712. The normalized spacial score (nSPS) is 22.2. The van der Waals surface area contributed by atoms with Gasteiger partial charge in [-0.3, -0.25) is 9.69 Å². The van der Waals surface area contributed by atoms with E-state index < -0.39 is 0 Å². The summed E-state index contributed by atoms with van der Waals surface area (Å²) in [5.41, 5.74) is 1.99. The average molecular weight is 347 g/mol. The van der Waals surface area contributed by atoms with Gasteiger partial charge in [0, 0.05) is 12.7 Å². The zero-order valence-electron chi connectivity index (χ0n) is 12.9. The summed E-state index contributed by atoms with van der Waals surface area (Å²) >= 11 is 6.62. The Balaban J connectivity index is 1.86. The maximum absolute atomic E-state index is 12.5. The van der Waals surface area contributed by atoms with Crippen LogP contribution in [-0.4, -0.2) is 41.5 Å². The molecule has 4 nitrogen and oxygen atoms in total. The van der Waals surface area contributed by atoms with E-state index in [1.807, 2.05) is 37.3 Å². The number of carbonyl (C=O) groups excluding carboxylic acids is 1. The Hall–Kier alpha value is -1.63. The number of amides is 1. The lowest BCUT2D eigenvalue weighted by atomic mass is 10.0. The first-order chi connectivity index (χ1) is 11.1. The predicted molar refractivity (Wildman–Crippen MR) is 96.4 cm³/mol. The van der Waals surface area contributed by atoms with Crippen molar-refractivity contribution >= 4 is 40.3 Å². The molecule has 1 amide bonds. The van der Waals surface area contributed by atoms with E-state index in [2.05, 4.69) is 6.08 Å². The van der Waals surface area contributed by atoms with E-state index in [0.717, 1.165) is 16.9 Å². The number of benzene rings is 1. The van der Waals surface area contributed by atoms with Gasteiger partial charge in [-0.15, -0.1) is 0 Å². The molecule has 1 saturated heterocycles. The minimum Gasteiger partial charge on any atom is -0.485 e. The van der Waals surface area contributed by atoms with Gasteiger partial charge in [-0.2, -0.15) is 0 Å². The molecule has 0 aromatic heterocycles. The number of hydrogen-bond acceptors (Lipinski definition) is 5. The minimum atomic E-state index is -0.104. The highest BCUT2D eigenvalue weighted by molar-refractivity contribution is 8.26. The SMILES string of the molecule is COCCN1C(=O)/C(=C/C2=Cc3ccccc3OC2C)SC1=S. The van der Waals surface area contributed by atoms with E-state index in [4.69, 9.17) is 21.7 Å². The van der Waals surface area contributed by atoms with Gasteiger partial charge >= 0.3 is 0 Å². The van der Waals surface area contributed by atoms with E-state index in [0.29, 0.717) is 22.4 Å². The van der Waals surface area contributed by atoms with Crippen molar-refractivity contribution in [3.63, 3.8) is 0 Å². The molecule has 23 heavy (non-hydrogen) atoms. The van der Waals surface area contributed by atoms with Gasteiger partial charge in [-0.25, -0.2) is 0 Å². The smallest absolute Gasteiger partial charge is 0.266 e. The molecular weight excluding hydrogens is 330 g/mol. The topological polar surface area (TPSA) is 38.8 Å². The number of rotatable bonds is 4. The highest BCUT2D eigenvalue weighted by Crippen LogP contribution is 2.35. The summed E-state index contributed by atoms with van der Waals surface area (Å²) in [7, 11) is 1.61. The van der Waals surface area contributed by atoms with Crippen LogP contribution in [0.25, 0.3) is 6.08 Å². The summed E-state index contributed by atoms with van der Waals surface area (Å²) in [6.45, 7) is 2.92. The summed E-state index contributed by atoms with van der Waals surface area (Å²) in [4.78, 5) is 14.7. The Kier molecular flexibility index (Phi) is 4.84. The number of ether oxygens (including phenoxy) is 2. The third-order valence-electron chi connectivity index (χ3n) is 3.70. The second-order valence-corrected chi connectivity index (χ2v) is 6.94. The zero-order valence-corrected chi connectivity index (χ0v) is 14.6. The quantitative estimate of drug-likeness (QED) is 0.618. The third kappa shape index (κ3) is 3.34. The van der Waals surface area contributed by atoms with Crippen LogP contribution in [0.2, 0.25) is 0 Å². The first-order valence-electron chi connectivity index (χ1n) is 7.31. The van der Waals surface area contributed by atoms with Crippen LogP contribution in [0.3, 0.4) is 0 Å². The van der Waals surface area contributed by atoms with Crippen molar-refractivity contribution in [2.75, 3.05) is 20.3 Å².